The van der Waals surface area contributed by atoms with Gasteiger partial charge < -0.3 is 10.2 Å². The summed E-state index contributed by atoms with van der Waals surface area (Å²) in [6.45, 7) is 6.42. The number of hydroxylamine groups is 1. The predicted molar refractivity (Wildman–Crippen MR) is 112 cm³/mol. The van der Waals surface area contributed by atoms with Crippen molar-refractivity contribution < 1.29 is 19.8 Å². The lowest BCUT2D eigenvalue weighted by Gasteiger charge is -2.57. The lowest BCUT2D eigenvalue weighted by molar-refractivity contribution is -0.127. The molecule has 3 saturated carbocycles. The molecule has 4 aliphatic rings. The van der Waals surface area contributed by atoms with Gasteiger partial charge in [-0.3, -0.25) is 15.1 Å². The molecule has 0 aliphatic heterocycles. The molecule has 3 N–H and O–H groups in total. The molecule has 162 valence electrons. The van der Waals surface area contributed by atoms with Gasteiger partial charge in [0.05, 0.1) is 12.3 Å². The number of hydrogen-bond donors (Lipinski definition) is 3. The van der Waals surface area contributed by atoms with E-state index in [9.17, 15) is 9.90 Å². The first kappa shape index (κ1) is 21.1. The summed E-state index contributed by atoms with van der Waals surface area (Å²) in [5.41, 5.74) is 5.83. The van der Waals surface area contributed by atoms with E-state index in [1.165, 1.54) is 31.3 Å². The van der Waals surface area contributed by atoms with E-state index in [1.807, 2.05) is 0 Å². The summed E-state index contributed by atoms with van der Waals surface area (Å²) >= 11 is 0. The third-order valence-corrected chi connectivity index (χ3v) is 8.98. The molecular formula is C24H37NO4. The maximum absolute atomic E-state index is 12.3. The smallest absolute Gasteiger partial charge is 0.133 e. The molecule has 0 radical (unpaired) electrons. The van der Waals surface area contributed by atoms with Gasteiger partial charge in [-0.25, -0.2) is 0 Å². The molecule has 7 atom stereocenters. The molecule has 0 aromatic carbocycles. The molecule has 5 nitrogen and oxygen atoms in total. The topological polar surface area (TPSA) is 78.8 Å². The summed E-state index contributed by atoms with van der Waals surface area (Å²) in [5.74, 6) is 2.80. The molecule has 0 aromatic rings. The van der Waals surface area contributed by atoms with Crippen molar-refractivity contribution >= 4 is 5.78 Å². The van der Waals surface area contributed by atoms with Gasteiger partial charge in [-0.2, -0.15) is 0 Å². The van der Waals surface area contributed by atoms with Crippen molar-refractivity contribution in [3.05, 3.63) is 23.4 Å². The van der Waals surface area contributed by atoms with Crippen LogP contribution in [-0.4, -0.2) is 35.3 Å². The van der Waals surface area contributed by atoms with E-state index in [2.05, 4.69) is 31.5 Å². The zero-order chi connectivity index (χ0) is 20.8. The van der Waals surface area contributed by atoms with Crippen molar-refractivity contribution in [2.45, 2.75) is 71.8 Å². The van der Waals surface area contributed by atoms with Gasteiger partial charge in [0.15, 0.2) is 0 Å². The van der Waals surface area contributed by atoms with E-state index in [1.54, 1.807) is 6.92 Å². The molecule has 0 bridgehead atoms. The van der Waals surface area contributed by atoms with Crippen LogP contribution in [0.15, 0.2) is 23.4 Å². The van der Waals surface area contributed by atoms with Crippen LogP contribution in [0, 0.1) is 34.5 Å². The standard InChI is InChI=1S/C24H37NO4/c1-15(27)20-6-7-21-19-5-4-16-12-17(25-29-14-18(28)13-26)8-10-23(16,2)22(19)9-11-24(20,21)3/h8,12,18-22,25-26,28H,4-7,9-11,13-14H2,1-3H3/t18?,19-,20+,21-,22-,23-,24+/m0/s1. The maximum Gasteiger partial charge on any atom is 0.133 e. The van der Waals surface area contributed by atoms with Crippen LogP contribution in [0.3, 0.4) is 0 Å². The number of carbonyl (C=O) groups is 1. The fourth-order valence-corrected chi connectivity index (χ4v) is 7.43. The van der Waals surface area contributed by atoms with Crippen LogP contribution in [0.2, 0.25) is 0 Å². The minimum Gasteiger partial charge on any atom is -0.394 e. The summed E-state index contributed by atoms with van der Waals surface area (Å²) in [5, 5.41) is 18.3. The number of allylic oxidation sites excluding steroid dienone is 3. The summed E-state index contributed by atoms with van der Waals surface area (Å²) in [6.07, 6.45) is 11.7. The van der Waals surface area contributed by atoms with Gasteiger partial charge in [0.2, 0.25) is 0 Å². The molecule has 4 rings (SSSR count). The number of rotatable bonds is 6. The average Bonchev–Trinajstić information content (AvgIpc) is 3.05. The third-order valence-electron chi connectivity index (χ3n) is 8.98. The number of carbonyl (C=O) groups excluding carboxylic acids is 1. The van der Waals surface area contributed by atoms with Crippen molar-refractivity contribution in [1.29, 1.82) is 0 Å². The first-order valence-electron chi connectivity index (χ1n) is 11.4. The molecule has 3 fully saturated rings. The molecular weight excluding hydrogens is 366 g/mol. The van der Waals surface area contributed by atoms with Crippen molar-refractivity contribution in [1.82, 2.24) is 5.48 Å². The Morgan fingerprint density at radius 1 is 1.28 bits per heavy atom. The van der Waals surface area contributed by atoms with E-state index in [0.29, 0.717) is 17.6 Å². The number of ketones is 1. The van der Waals surface area contributed by atoms with Crippen molar-refractivity contribution in [3.63, 3.8) is 0 Å². The fourth-order valence-electron chi connectivity index (χ4n) is 7.43. The summed E-state index contributed by atoms with van der Waals surface area (Å²) in [4.78, 5) is 17.6. The molecule has 0 heterocycles. The first-order chi connectivity index (χ1) is 13.8. The van der Waals surface area contributed by atoms with Gasteiger partial charge in [-0.15, -0.1) is 0 Å². The Hall–Kier alpha value is -1.17. The monoisotopic (exact) mass is 403 g/mol. The molecule has 1 unspecified atom stereocenters. The third kappa shape index (κ3) is 3.49. The van der Waals surface area contributed by atoms with E-state index in [-0.39, 0.29) is 30.0 Å². The number of nitrogens with one attached hydrogen (secondary N) is 1. The molecule has 4 aliphatic carbocycles. The number of hydrogen-bond acceptors (Lipinski definition) is 5. The number of Topliss-reactive ketones (excluding diaryl/α,β-unsaturated/α-hetero) is 1. The Morgan fingerprint density at radius 3 is 2.79 bits per heavy atom. The second kappa shape index (κ2) is 7.82. The Morgan fingerprint density at radius 2 is 2.07 bits per heavy atom. The highest BCUT2D eigenvalue weighted by Gasteiger charge is 2.59. The zero-order valence-corrected chi connectivity index (χ0v) is 18.1. The van der Waals surface area contributed by atoms with Crippen LogP contribution < -0.4 is 5.48 Å². The molecule has 0 saturated heterocycles. The largest absolute Gasteiger partial charge is 0.394 e. The van der Waals surface area contributed by atoms with Crippen LogP contribution in [0.4, 0.5) is 0 Å². The lowest BCUT2D eigenvalue weighted by Crippen LogP contribution is -2.50. The van der Waals surface area contributed by atoms with Crippen LogP contribution in [0.5, 0.6) is 0 Å². The van der Waals surface area contributed by atoms with Gasteiger partial charge in [-0.05, 0) is 86.5 Å². The van der Waals surface area contributed by atoms with E-state index in [0.717, 1.165) is 30.9 Å². The Kier molecular flexibility index (Phi) is 5.69. The number of aliphatic hydroxyl groups is 2. The minimum absolute atomic E-state index is 0.0660. The van der Waals surface area contributed by atoms with Crippen molar-refractivity contribution in [3.8, 4) is 0 Å². The summed E-state index contributed by atoms with van der Waals surface area (Å²) < 4.78 is 0. The number of fused-ring (bicyclic) bond motifs is 5. The van der Waals surface area contributed by atoms with Crippen LogP contribution in [0.25, 0.3) is 0 Å². The summed E-state index contributed by atoms with van der Waals surface area (Å²) in [7, 11) is 0. The van der Waals surface area contributed by atoms with E-state index in [4.69, 9.17) is 9.94 Å². The van der Waals surface area contributed by atoms with E-state index < -0.39 is 6.10 Å². The van der Waals surface area contributed by atoms with Gasteiger partial charge >= 0.3 is 0 Å². The first-order valence-corrected chi connectivity index (χ1v) is 11.4. The Balaban J connectivity index is 1.47. The van der Waals surface area contributed by atoms with Gasteiger partial charge in [0, 0.05) is 5.92 Å². The normalized spacial score (nSPS) is 42.1. The zero-order valence-electron chi connectivity index (χ0n) is 18.1. The highest BCUT2D eigenvalue weighted by Crippen LogP contribution is 2.66. The SMILES string of the molecule is CC(=O)[C@H]1CC[C@H]2[C@@H]3CCC4=CC(NOCC(O)CO)=CC[C@]4(C)[C@H]3CC[C@]12C. The van der Waals surface area contributed by atoms with Gasteiger partial charge in [-0.1, -0.05) is 25.5 Å². The fraction of sp³-hybridized carbons (Fsp3) is 0.792. The minimum atomic E-state index is -0.859. The average molecular weight is 404 g/mol. The Bertz CT molecular complexity index is 716. The maximum atomic E-state index is 12.3. The molecule has 0 amide bonds. The van der Waals surface area contributed by atoms with Crippen LogP contribution in [0.1, 0.15) is 65.7 Å². The second-order valence-corrected chi connectivity index (χ2v) is 10.4. The van der Waals surface area contributed by atoms with Crippen LogP contribution in [-0.2, 0) is 9.63 Å². The molecule has 5 heteroatoms. The van der Waals surface area contributed by atoms with Crippen molar-refractivity contribution in [2.75, 3.05) is 13.2 Å². The van der Waals surface area contributed by atoms with Gasteiger partial charge in [0.25, 0.3) is 0 Å². The highest BCUT2D eigenvalue weighted by atomic mass is 16.6. The van der Waals surface area contributed by atoms with Crippen molar-refractivity contribution in [2.24, 2.45) is 34.5 Å². The second-order valence-electron chi connectivity index (χ2n) is 10.4. The summed E-state index contributed by atoms with van der Waals surface area (Å²) in [6, 6.07) is 0. The predicted octanol–water partition coefficient (Wildman–Crippen LogP) is 3.52. The molecule has 0 spiro atoms. The molecule has 29 heavy (non-hydrogen) atoms. The quantitative estimate of drug-likeness (QED) is 0.592. The van der Waals surface area contributed by atoms with Crippen LogP contribution >= 0.6 is 0 Å². The van der Waals surface area contributed by atoms with E-state index >= 15 is 0 Å². The Labute approximate surface area is 174 Å². The highest BCUT2D eigenvalue weighted by molar-refractivity contribution is 5.79. The van der Waals surface area contributed by atoms with Gasteiger partial charge in [0.1, 0.15) is 18.5 Å². The lowest BCUT2D eigenvalue weighted by atomic mass is 9.47. The molecule has 0 aromatic heterocycles. The number of aliphatic hydroxyl groups excluding tert-OH is 2.